The number of nitrogens with one attached hydrogen (secondary N) is 2. The number of benzene rings is 2. The molecule has 0 radical (unpaired) electrons. The van der Waals surface area contributed by atoms with Crippen LogP contribution in [0.25, 0.3) is 0 Å². The first-order valence-corrected chi connectivity index (χ1v) is 9.04. The smallest absolute Gasteiger partial charge is 0.416 e. The Labute approximate surface area is 152 Å². The van der Waals surface area contributed by atoms with Crippen molar-refractivity contribution in [3.05, 3.63) is 48.0 Å². The second kappa shape index (κ2) is 6.99. The van der Waals surface area contributed by atoms with Crippen molar-refractivity contribution in [1.82, 2.24) is 4.72 Å². The van der Waals surface area contributed by atoms with E-state index in [1.54, 1.807) is 4.72 Å². The Morgan fingerprint density at radius 1 is 0.963 bits per heavy atom. The van der Waals surface area contributed by atoms with E-state index < -0.39 is 27.8 Å². The van der Waals surface area contributed by atoms with Crippen molar-refractivity contribution in [1.29, 1.82) is 0 Å². The minimum Gasteiger partial charge on any atom is -0.486 e. The fraction of sp³-hybridized carbons (Fsp3) is 0.188. The van der Waals surface area contributed by atoms with Crippen LogP contribution in [0.4, 0.5) is 23.7 Å². The second-order valence-corrected chi connectivity index (χ2v) is 7.12. The van der Waals surface area contributed by atoms with Crippen LogP contribution in [0.5, 0.6) is 11.5 Å². The molecular formula is C16H13F3N2O5S. The van der Waals surface area contributed by atoms with Gasteiger partial charge in [0.25, 0.3) is 10.0 Å². The maximum absolute atomic E-state index is 12.5. The lowest BCUT2D eigenvalue weighted by Crippen LogP contribution is -2.34. The Morgan fingerprint density at radius 3 is 2.22 bits per heavy atom. The Bertz CT molecular complexity index is 959. The van der Waals surface area contributed by atoms with Gasteiger partial charge in [-0.1, -0.05) is 0 Å². The Balaban J connectivity index is 1.69. The molecule has 0 saturated carbocycles. The van der Waals surface area contributed by atoms with Gasteiger partial charge in [-0.05, 0) is 36.4 Å². The molecule has 1 aliphatic rings. The van der Waals surface area contributed by atoms with Crippen molar-refractivity contribution in [2.24, 2.45) is 0 Å². The number of hydrogen-bond acceptors (Lipinski definition) is 5. The molecule has 27 heavy (non-hydrogen) atoms. The Kier molecular flexibility index (Phi) is 4.87. The van der Waals surface area contributed by atoms with Crippen LogP contribution < -0.4 is 19.5 Å². The summed E-state index contributed by atoms with van der Waals surface area (Å²) in [5.41, 5.74) is -0.893. The van der Waals surface area contributed by atoms with Gasteiger partial charge in [0.05, 0.1) is 10.5 Å². The highest BCUT2D eigenvalue weighted by molar-refractivity contribution is 7.90. The van der Waals surface area contributed by atoms with E-state index in [0.29, 0.717) is 12.4 Å². The number of ether oxygens (including phenoxy) is 2. The van der Waals surface area contributed by atoms with Crippen LogP contribution in [0.3, 0.4) is 0 Å². The highest BCUT2D eigenvalue weighted by Gasteiger charge is 2.30. The molecule has 144 valence electrons. The predicted octanol–water partition coefficient (Wildman–Crippen LogP) is 2.99. The van der Waals surface area contributed by atoms with Gasteiger partial charge in [0.1, 0.15) is 13.2 Å². The topological polar surface area (TPSA) is 93.7 Å². The second-order valence-electron chi connectivity index (χ2n) is 5.44. The van der Waals surface area contributed by atoms with E-state index in [-0.39, 0.29) is 22.9 Å². The number of sulfonamides is 1. The van der Waals surface area contributed by atoms with Crippen LogP contribution in [0.1, 0.15) is 5.56 Å². The molecule has 1 aliphatic heterocycles. The number of hydrogen-bond donors (Lipinski definition) is 2. The van der Waals surface area contributed by atoms with Crippen molar-refractivity contribution in [3.8, 4) is 11.5 Å². The number of urea groups is 1. The van der Waals surface area contributed by atoms with Crippen molar-refractivity contribution >= 4 is 21.7 Å². The van der Waals surface area contributed by atoms with Crippen LogP contribution >= 0.6 is 0 Å². The van der Waals surface area contributed by atoms with Crippen molar-refractivity contribution in [2.75, 3.05) is 18.5 Å². The van der Waals surface area contributed by atoms with Gasteiger partial charge in [-0.3, -0.25) is 0 Å². The zero-order valence-corrected chi connectivity index (χ0v) is 14.4. The third-order valence-electron chi connectivity index (χ3n) is 3.52. The van der Waals surface area contributed by atoms with E-state index in [9.17, 15) is 26.4 Å². The Hall–Kier alpha value is -2.95. The molecule has 0 aromatic heterocycles. The first kappa shape index (κ1) is 18.8. The molecule has 2 aromatic carbocycles. The summed E-state index contributed by atoms with van der Waals surface area (Å²) in [6.07, 6.45) is -4.51. The fourth-order valence-electron chi connectivity index (χ4n) is 2.27. The number of carbonyl (C=O) groups excluding carboxylic acids is 1. The predicted molar refractivity (Wildman–Crippen MR) is 88.2 cm³/mol. The van der Waals surface area contributed by atoms with E-state index in [1.165, 1.54) is 18.2 Å². The maximum atomic E-state index is 12.5. The molecule has 0 unspecified atom stereocenters. The quantitative estimate of drug-likeness (QED) is 0.823. The third-order valence-corrected chi connectivity index (χ3v) is 4.85. The normalized spacial score (nSPS) is 13.7. The summed E-state index contributed by atoms with van der Waals surface area (Å²) < 4.78 is 74.5. The highest BCUT2D eigenvalue weighted by Crippen LogP contribution is 2.32. The van der Waals surface area contributed by atoms with Crippen LogP contribution in [-0.4, -0.2) is 27.7 Å². The van der Waals surface area contributed by atoms with E-state index in [1.807, 2.05) is 0 Å². The van der Waals surface area contributed by atoms with Crippen LogP contribution in [-0.2, 0) is 16.2 Å². The summed E-state index contributed by atoms with van der Waals surface area (Å²) in [5.74, 6) is 0.613. The number of fused-ring (bicyclic) bond motifs is 1. The van der Waals surface area contributed by atoms with Gasteiger partial charge in [-0.15, -0.1) is 0 Å². The van der Waals surface area contributed by atoms with Gasteiger partial charge < -0.3 is 14.8 Å². The lowest BCUT2D eigenvalue weighted by molar-refractivity contribution is -0.137. The van der Waals surface area contributed by atoms with Gasteiger partial charge in [-0.2, -0.15) is 13.2 Å². The molecule has 0 spiro atoms. The van der Waals surface area contributed by atoms with E-state index >= 15 is 0 Å². The van der Waals surface area contributed by atoms with E-state index in [0.717, 1.165) is 24.3 Å². The molecule has 7 nitrogen and oxygen atoms in total. The first-order valence-electron chi connectivity index (χ1n) is 7.56. The van der Waals surface area contributed by atoms with Crippen molar-refractivity contribution < 1.29 is 35.9 Å². The molecule has 2 amide bonds. The molecule has 1 heterocycles. The zero-order valence-electron chi connectivity index (χ0n) is 13.5. The van der Waals surface area contributed by atoms with E-state index in [2.05, 4.69) is 5.32 Å². The molecule has 0 fully saturated rings. The van der Waals surface area contributed by atoms with E-state index in [4.69, 9.17) is 9.47 Å². The molecule has 0 atom stereocenters. The fourth-order valence-corrected chi connectivity index (χ4v) is 3.19. The van der Waals surface area contributed by atoms with Gasteiger partial charge >= 0.3 is 12.2 Å². The lowest BCUT2D eigenvalue weighted by atomic mass is 10.2. The minimum atomic E-state index is -4.51. The van der Waals surface area contributed by atoms with Crippen molar-refractivity contribution in [3.63, 3.8) is 0 Å². The molecule has 11 heteroatoms. The molecule has 0 bridgehead atoms. The summed E-state index contributed by atoms with van der Waals surface area (Å²) in [4.78, 5) is 11.7. The largest absolute Gasteiger partial charge is 0.486 e. The molecule has 2 aromatic rings. The lowest BCUT2D eigenvalue weighted by Gasteiger charge is -2.19. The number of alkyl halides is 3. The van der Waals surface area contributed by atoms with Crippen LogP contribution in [0.2, 0.25) is 0 Å². The maximum Gasteiger partial charge on any atom is 0.416 e. The molecule has 0 aliphatic carbocycles. The van der Waals surface area contributed by atoms with Gasteiger partial charge in [-0.25, -0.2) is 17.9 Å². The van der Waals surface area contributed by atoms with Gasteiger partial charge in [0.15, 0.2) is 11.5 Å². The summed E-state index contributed by atoms with van der Waals surface area (Å²) in [5, 5.41) is 2.16. The first-order chi connectivity index (χ1) is 12.6. The summed E-state index contributed by atoms with van der Waals surface area (Å²) >= 11 is 0. The van der Waals surface area contributed by atoms with Crippen LogP contribution in [0.15, 0.2) is 47.4 Å². The molecule has 0 saturated heterocycles. The van der Waals surface area contributed by atoms with Crippen LogP contribution in [0, 0.1) is 0 Å². The summed E-state index contributed by atoms with van der Waals surface area (Å²) in [6.45, 7) is 0.602. The number of anilines is 1. The molecule has 2 N–H and O–H groups in total. The summed E-state index contributed by atoms with van der Waals surface area (Å²) in [7, 11) is -4.22. The van der Waals surface area contributed by atoms with Gasteiger partial charge in [0, 0.05) is 11.8 Å². The number of carbonyl (C=O) groups is 1. The summed E-state index contributed by atoms with van der Waals surface area (Å²) in [6, 6.07) is 6.29. The standard InChI is InChI=1S/C16H13F3N2O5S/c17-16(18,19)10-1-3-11(4-2-10)20-15(22)21-27(23,24)12-5-6-13-14(9-12)26-8-7-25-13/h1-6,9H,7-8H2,(H2,20,21,22). The minimum absolute atomic E-state index is 0.00197. The number of amides is 2. The average Bonchev–Trinajstić information content (AvgIpc) is 2.60. The number of halogens is 3. The monoisotopic (exact) mass is 402 g/mol. The Morgan fingerprint density at radius 2 is 1.59 bits per heavy atom. The molecule has 3 rings (SSSR count). The average molecular weight is 402 g/mol. The SMILES string of the molecule is O=C(Nc1ccc(C(F)(F)F)cc1)NS(=O)(=O)c1ccc2c(c1)OCCO2. The van der Waals surface area contributed by atoms with Gasteiger partial charge in [0.2, 0.25) is 0 Å². The third kappa shape index (κ3) is 4.42. The number of rotatable bonds is 3. The zero-order chi connectivity index (χ0) is 19.7. The van der Waals surface area contributed by atoms with Crippen molar-refractivity contribution in [2.45, 2.75) is 11.1 Å². The molecular weight excluding hydrogens is 389 g/mol. The highest BCUT2D eigenvalue weighted by atomic mass is 32.2.